The summed E-state index contributed by atoms with van der Waals surface area (Å²) >= 11 is 0. The van der Waals surface area contributed by atoms with E-state index in [0.717, 1.165) is 63.2 Å². The lowest BCUT2D eigenvalue weighted by molar-refractivity contribution is -0.132. The third-order valence-corrected chi connectivity index (χ3v) is 5.49. The van der Waals surface area contributed by atoms with Crippen molar-refractivity contribution in [2.24, 2.45) is 11.8 Å². The van der Waals surface area contributed by atoms with Gasteiger partial charge >= 0.3 is 0 Å². The highest BCUT2D eigenvalue weighted by Crippen LogP contribution is 2.32. The average Bonchev–Trinajstić information content (AvgIpc) is 3.38. The second kappa shape index (κ2) is 6.46. The van der Waals surface area contributed by atoms with E-state index < -0.39 is 0 Å². The quantitative estimate of drug-likeness (QED) is 0.924. The Labute approximate surface area is 143 Å². The van der Waals surface area contributed by atoms with Crippen molar-refractivity contribution in [3.05, 3.63) is 24.3 Å². The third-order valence-electron chi connectivity index (χ3n) is 5.49. The summed E-state index contributed by atoms with van der Waals surface area (Å²) in [5, 5.41) is 3.01. The fourth-order valence-electron chi connectivity index (χ4n) is 3.44. The lowest BCUT2D eigenvalue weighted by Crippen LogP contribution is -2.49. The molecule has 0 unspecified atom stereocenters. The van der Waals surface area contributed by atoms with Crippen LogP contribution in [0, 0.1) is 11.8 Å². The highest BCUT2D eigenvalue weighted by molar-refractivity contribution is 5.93. The maximum absolute atomic E-state index is 12.1. The minimum atomic E-state index is 0.154. The Hall–Kier alpha value is -2.04. The molecule has 1 aliphatic heterocycles. The lowest BCUT2D eigenvalue weighted by atomic mass is 9.85. The first-order chi connectivity index (χ1) is 11.7. The first kappa shape index (κ1) is 15.5. The van der Waals surface area contributed by atoms with Crippen molar-refractivity contribution in [1.82, 2.24) is 4.90 Å². The van der Waals surface area contributed by atoms with Gasteiger partial charge in [-0.1, -0.05) is 6.42 Å². The van der Waals surface area contributed by atoms with Crippen molar-refractivity contribution in [1.29, 1.82) is 0 Å². The summed E-state index contributed by atoms with van der Waals surface area (Å²) in [5.41, 5.74) is 2.04. The Morgan fingerprint density at radius 1 is 0.875 bits per heavy atom. The normalized spacial score (nSPS) is 21.3. The van der Waals surface area contributed by atoms with E-state index in [0.29, 0.717) is 11.8 Å². The molecule has 24 heavy (non-hydrogen) atoms. The monoisotopic (exact) mass is 327 g/mol. The topological polar surface area (TPSA) is 52.7 Å². The molecule has 1 N–H and O–H groups in total. The van der Waals surface area contributed by atoms with E-state index in [2.05, 4.69) is 22.3 Å². The van der Waals surface area contributed by atoms with Crippen molar-refractivity contribution in [2.75, 3.05) is 36.4 Å². The molecule has 2 aliphatic carbocycles. The summed E-state index contributed by atoms with van der Waals surface area (Å²) in [6, 6.07) is 8.09. The van der Waals surface area contributed by atoms with Gasteiger partial charge in [0.05, 0.1) is 0 Å². The van der Waals surface area contributed by atoms with Crippen molar-refractivity contribution < 1.29 is 9.59 Å². The van der Waals surface area contributed by atoms with Crippen LogP contribution in [-0.2, 0) is 9.59 Å². The number of carbonyl (C=O) groups is 2. The Kier molecular flexibility index (Phi) is 4.17. The molecular weight excluding hydrogens is 302 g/mol. The molecule has 2 amide bonds. The number of amides is 2. The van der Waals surface area contributed by atoms with E-state index >= 15 is 0 Å². The van der Waals surface area contributed by atoms with Crippen molar-refractivity contribution in [3.63, 3.8) is 0 Å². The summed E-state index contributed by atoms with van der Waals surface area (Å²) in [5.74, 6) is 1.03. The van der Waals surface area contributed by atoms with Gasteiger partial charge in [0, 0.05) is 49.4 Å². The minimum absolute atomic E-state index is 0.154. The number of benzene rings is 1. The number of carbonyl (C=O) groups excluding carboxylic acids is 2. The standard InChI is InChI=1S/C19H25N3O2/c23-18(14-2-1-3-14)20-16-6-8-17(9-7-16)21-10-12-22(13-11-21)19(24)15-4-5-15/h6-9,14-15H,1-5,10-13H2,(H,20,23). The van der Waals surface area contributed by atoms with Crippen LogP contribution in [0.1, 0.15) is 32.1 Å². The van der Waals surface area contributed by atoms with E-state index in [1.54, 1.807) is 0 Å². The fourth-order valence-corrected chi connectivity index (χ4v) is 3.44. The zero-order valence-corrected chi connectivity index (χ0v) is 14.0. The molecule has 3 fully saturated rings. The molecule has 128 valence electrons. The summed E-state index contributed by atoms with van der Waals surface area (Å²) < 4.78 is 0. The van der Waals surface area contributed by atoms with Crippen LogP contribution in [0.4, 0.5) is 11.4 Å². The second-order valence-electron chi connectivity index (χ2n) is 7.25. The zero-order chi connectivity index (χ0) is 16.5. The van der Waals surface area contributed by atoms with E-state index in [9.17, 15) is 9.59 Å². The molecule has 1 aromatic rings. The van der Waals surface area contributed by atoms with Gasteiger partial charge in [-0.25, -0.2) is 0 Å². The Morgan fingerprint density at radius 2 is 1.54 bits per heavy atom. The van der Waals surface area contributed by atoms with E-state index in [1.807, 2.05) is 17.0 Å². The molecule has 0 atom stereocenters. The SMILES string of the molecule is O=C(Nc1ccc(N2CCN(C(=O)C3CC3)CC2)cc1)C1CCC1. The number of piperazine rings is 1. The number of hydrogen-bond donors (Lipinski definition) is 1. The predicted octanol–water partition coefficient (Wildman–Crippen LogP) is 2.48. The molecule has 0 radical (unpaired) electrons. The fraction of sp³-hybridized carbons (Fsp3) is 0.579. The molecule has 0 aromatic heterocycles. The summed E-state index contributed by atoms with van der Waals surface area (Å²) in [4.78, 5) is 28.4. The highest BCUT2D eigenvalue weighted by Gasteiger charge is 2.34. The predicted molar refractivity (Wildman–Crippen MR) is 93.9 cm³/mol. The van der Waals surface area contributed by atoms with Crippen LogP contribution in [0.25, 0.3) is 0 Å². The van der Waals surface area contributed by atoms with E-state index in [4.69, 9.17) is 0 Å². The molecule has 3 aliphatic rings. The first-order valence-corrected chi connectivity index (χ1v) is 9.15. The van der Waals surface area contributed by atoms with Crippen molar-refractivity contribution in [3.8, 4) is 0 Å². The van der Waals surface area contributed by atoms with Crippen LogP contribution >= 0.6 is 0 Å². The van der Waals surface area contributed by atoms with Gasteiger partial charge in [0.15, 0.2) is 0 Å². The van der Waals surface area contributed by atoms with Gasteiger partial charge in [0.1, 0.15) is 0 Å². The highest BCUT2D eigenvalue weighted by atomic mass is 16.2. The van der Waals surface area contributed by atoms with Crippen molar-refractivity contribution >= 4 is 23.2 Å². The maximum atomic E-state index is 12.1. The summed E-state index contributed by atoms with van der Waals surface area (Å²) in [6.07, 6.45) is 5.37. The number of hydrogen-bond acceptors (Lipinski definition) is 3. The lowest BCUT2D eigenvalue weighted by Gasteiger charge is -2.36. The number of anilines is 2. The number of rotatable bonds is 4. The van der Waals surface area contributed by atoms with Gasteiger partial charge in [0.25, 0.3) is 0 Å². The number of nitrogens with zero attached hydrogens (tertiary/aromatic N) is 2. The Morgan fingerprint density at radius 3 is 2.08 bits per heavy atom. The van der Waals surface area contributed by atoms with Gasteiger partial charge in [0.2, 0.25) is 11.8 Å². The molecule has 1 aromatic carbocycles. The molecule has 0 bridgehead atoms. The smallest absolute Gasteiger partial charge is 0.227 e. The average molecular weight is 327 g/mol. The van der Waals surface area contributed by atoms with Gasteiger partial charge in [-0.05, 0) is 49.9 Å². The maximum Gasteiger partial charge on any atom is 0.227 e. The van der Waals surface area contributed by atoms with E-state index in [-0.39, 0.29) is 11.8 Å². The van der Waals surface area contributed by atoms with Crippen LogP contribution in [0.3, 0.4) is 0 Å². The molecule has 5 heteroatoms. The third kappa shape index (κ3) is 3.25. The van der Waals surface area contributed by atoms with Crippen LogP contribution in [0.2, 0.25) is 0 Å². The minimum Gasteiger partial charge on any atom is -0.368 e. The Balaban J connectivity index is 1.30. The number of nitrogens with one attached hydrogen (secondary N) is 1. The molecule has 4 rings (SSSR count). The second-order valence-corrected chi connectivity index (χ2v) is 7.25. The van der Waals surface area contributed by atoms with Gasteiger partial charge < -0.3 is 15.1 Å². The van der Waals surface area contributed by atoms with Crippen LogP contribution in [0.15, 0.2) is 24.3 Å². The molecule has 1 heterocycles. The van der Waals surface area contributed by atoms with Crippen LogP contribution in [0.5, 0.6) is 0 Å². The molecule has 5 nitrogen and oxygen atoms in total. The summed E-state index contributed by atoms with van der Waals surface area (Å²) in [7, 11) is 0. The largest absolute Gasteiger partial charge is 0.368 e. The van der Waals surface area contributed by atoms with Crippen LogP contribution in [-0.4, -0.2) is 42.9 Å². The van der Waals surface area contributed by atoms with Crippen LogP contribution < -0.4 is 10.2 Å². The molecule has 2 saturated carbocycles. The van der Waals surface area contributed by atoms with Gasteiger partial charge in [-0.2, -0.15) is 0 Å². The Bertz CT molecular complexity index is 612. The van der Waals surface area contributed by atoms with Gasteiger partial charge in [-0.15, -0.1) is 0 Å². The molecule has 0 spiro atoms. The zero-order valence-electron chi connectivity index (χ0n) is 14.0. The first-order valence-electron chi connectivity index (χ1n) is 9.15. The summed E-state index contributed by atoms with van der Waals surface area (Å²) in [6.45, 7) is 3.39. The molecular formula is C19H25N3O2. The van der Waals surface area contributed by atoms with E-state index in [1.165, 1.54) is 6.42 Å². The van der Waals surface area contributed by atoms with Crippen molar-refractivity contribution in [2.45, 2.75) is 32.1 Å². The molecule has 1 saturated heterocycles. The van der Waals surface area contributed by atoms with Gasteiger partial charge in [-0.3, -0.25) is 9.59 Å².